The number of hydrogen-bond acceptors (Lipinski definition) is 4. The Labute approximate surface area is 231 Å². The molecule has 1 aliphatic heterocycles. The van der Waals surface area contributed by atoms with E-state index < -0.39 is 28.6 Å². The summed E-state index contributed by atoms with van der Waals surface area (Å²) in [6.45, 7) is 12.1. The fourth-order valence-electron chi connectivity index (χ4n) is 7.83. The Balaban J connectivity index is 1.62. The molecule has 39 heavy (non-hydrogen) atoms. The Kier molecular flexibility index (Phi) is 7.79. The van der Waals surface area contributed by atoms with Crippen LogP contribution in [-0.4, -0.2) is 47.7 Å². The first-order valence-electron chi connectivity index (χ1n) is 14.5. The summed E-state index contributed by atoms with van der Waals surface area (Å²) in [5, 5.41) is 11.9. The Hall–Kier alpha value is -2.49. The first-order chi connectivity index (χ1) is 18.6. The minimum absolute atomic E-state index is 0.0321. The molecular formula is C33H41F2NO3. The lowest BCUT2D eigenvalue weighted by atomic mass is 9.52. The lowest BCUT2D eigenvalue weighted by Crippen LogP contribution is -2.51. The maximum atomic E-state index is 16.5. The molecule has 210 valence electrons. The highest BCUT2D eigenvalue weighted by molar-refractivity contribution is 5.93. The molecule has 1 N–H and O–H groups in total. The van der Waals surface area contributed by atoms with Gasteiger partial charge in [0.05, 0.1) is 13.2 Å². The van der Waals surface area contributed by atoms with Crippen molar-refractivity contribution in [3.8, 4) is 11.8 Å². The summed E-state index contributed by atoms with van der Waals surface area (Å²) in [4.78, 5) is 14.2. The van der Waals surface area contributed by atoms with Crippen LogP contribution in [0.2, 0.25) is 0 Å². The average molecular weight is 538 g/mol. The van der Waals surface area contributed by atoms with E-state index in [1.165, 1.54) is 6.08 Å². The van der Waals surface area contributed by atoms with Crippen molar-refractivity contribution < 1.29 is 23.4 Å². The van der Waals surface area contributed by atoms with Crippen molar-refractivity contribution in [1.29, 1.82) is 0 Å². The van der Waals surface area contributed by atoms with Crippen LogP contribution in [0, 0.1) is 40.9 Å². The second-order valence-corrected chi connectivity index (χ2v) is 12.4. The molecule has 5 atom stereocenters. The topological polar surface area (TPSA) is 49.8 Å². The zero-order chi connectivity index (χ0) is 27.9. The van der Waals surface area contributed by atoms with Crippen molar-refractivity contribution in [1.82, 2.24) is 4.90 Å². The van der Waals surface area contributed by atoms with E-state index in [2.05, 4.69) is 18.4 Å². The first kappa shape index (κ1) is 28.1. The van der Waals surface area contributed by atoms with Gasteiger partial charge in [-0.25, -0.2) is 8.78 Å². The highest BCUT2D eigenvalue weighted by atomic mass is 19.2. The largest absolute Gasteiger partial charge is 0.378 e. The van der Waals surface area contributed by atoms with Gasteiger partial charge in [0.1, 0.15) is 11.4 Å². The molecular weight excluding hydrogens is 496 g/mol. The number of aliphatic hydroxyl groups is 1. The molecule has 0 unspecified atom stereocenters. The molecule has 5 aliphatic rings. The summed E-state index contributed by atoms with van der Waals surface area (Å²) < 4.78 is 37.8. The number of ketones is 1. The maximum Gasteiger partial charge on any atom is 0.157 e. The number of ether oxygens (including phenoxy) is 1. The van der Waals surface area contributed by atoms with Gasteiger partial charge in [-0.15, -0.1) is 0 Å². The first-order valence-corrected chi connectivity index (χ1v) is 14.5. The molecule has 0 aromatic carbocycles. The van der Waals surface area contributed by atoms with Crippen LogP contribution in [0.1, 0.15) is 65.7 Å². The highest BCUT2D eigenvalue weighted by Crippen LogP contribution is 2.66. The zero-order valence-corrected chi connectivity index (χ0v) is 23.5. The van der Waals surface area contributed by atoms with Gasteiger partial charge >= 0.3 is 0 Å². The van der Waals surface area contributed by atoms with Crippen LogP contribution in [0.3, 0.4) is 0 Å². The molecule has 0 bridgehead atoms. The lowest BCUT2D eigenvalue weighted by Gasteiger charge is -2.53. The fraction of sp³-hybridized carbons (Fsp3) is 0.606. The summed E-state index contributed by atoms with van der Waals surface area (Å²) in [5.74, 6) is 4.24. The predicted octanol–water partition coefficient (Wildman–Crippen LogP) is 6.36. The number of hydrogen-bond donors (Lipinski definition) is 1. The number of nitrogens with zero attached hydrogens (tertiary/aromatic N) is 1. The summed E-state index contributed by atoms with van der Waals surface area (Å²) in [6.07, 6.45) is 8.67. The molecule has 4 nitrogen and oxygen atoms in total. The van der Waals surface area contributed by atoms with Crippen LogP contribution in [-0.2, 0) is 9.53 Å². The van der Waals surface area contributed by atoms with E-state index in [1.54, 1.807) is 12.2 Å². The van der Waals surface area contributed by atoms with Gasteiger partial charge in [0.2, 0.25) is 0 Å². The molecule has 0 aromatic heterocycles. The van der Waals surface area contributed by atoms with Gasteiger partial charge in [-0.1, -0.05) is 44.8 Å². The van der Waals surface area contributed by atoms with Crippen LogP contribution < -0.4 is 0 Å². The van der Waals surface area contributed by atoms with Crippen LogP contribution in [0.4, 0.5) is 8.78 Å². The van der Waals surface area contributed by atoms with Gasteiger partial charge < -0.3 is 14.7 Å². The second-order valence-electron chi connectivity index (χ2n) is 12.4. The molecule has 0 amide bonds. The van der Waals surface area contributed by atoms with E-state index in [9.17, 15) is 9.90 Å². The maximum absolute atomic E-state index is 16.5. The SMILES string of the molecule is C=C/C(=C\C(F)=C(/F)[C@H]1C[C@@]2(C)[C@@H](CC[C@@]2(O)C#CC(C)C)[C@@H]2CCC3=CC(=O)CCC3=C21)N1CCOCC1. The Morgan fingerprint density at radius 2 is 1.97 bits per heavy atom. The minimum atomic E-state index is -1.25. The van der Waals surface area contributed by atoms with Gasteiger partial charge in [0.15, 0.2) is 11.6 Å². The average Bonchev–Trinajstić information content (AvgIpc) is 3.20. The molecule has 0 radical (unpaired) electrons. The standard InChI is InChI=1S/C33H41F2NO3/c1-5-23(36-14-16-39-17-15-36)19-29(34)31(35)27-20-32(4)28(11-13-33(32,38)12-10-21(2)3)26-8-6-22-18-24(37)7-9-25(22)30(26)27/h5,18-19,21,26-28,38H,1,6-9,11,13-17,20H2,2-4H3/b23-19+,31-29+/t26-,27-,28-,32-,33-/m0/s1. The molecule has 0 aromatic rings. The molecule has 6 heteroatoms. The number of halogens is 2. The Morgan fingerprint density at radius 3 is 2.67 bits per heavy atom. The van der Waals surface area contributed by atoms with Crippen molar-refractivity contribution in [2.45, 2.75) is 71.3 Å². The molecule has 0 spiro atoms. The van der Waals surface area contributed by atoms with E-state index in [0.717, 1.165) is 36.0 Å². The van der Waals surface area contributed by atoms with Gasteiger partial charge in [-0.3, -0.25) is 4.79 Å². The smallest absolute Gasteiger partial charge is 0.157 e. The number of fused-ring (bicyclic) bond motifs is 4. The normalized spacial score (nSPS) is 35.4. The summed E-state index contributed by atoms with van der Waals surface area (Å²) in [5.41, 5.74) is 1.60. The minimum Gasteiger partial charge on any atom is -0.378 e. The molecule has 4 aliphatic carbocycles. The zero-order valence-electron chi connectivity index (χ0n) is 23.5. The lowest BCUT2D eigenvalue weighted by molar-refractivity contribution is -0.114. The number of morpholine rings is 1. The predicted molar refractivity (Wildman–Crippen MR) is 148 cm³/mol. The summed E-state index contributed by atoms with van der Waals surface area (Å²) in [6, 6.07) is 0. The number of rotatable bonds is 4. The van der Waals surface area contributed by atoms with Crippen molar-refractivity contribution in [3.05, 3.63) is 58.9 Å². The molecule has 5 rings (SSSR count). The van der Waals surface area contributed by atoms with Crippen molar-refractivity contribution >= 4 is 5.78 Å². The highest BCUT2D eigenvalue weighted by Gasteiger charge is 2.63. The summed E-state index contributed by atoms with van der Waals surface area (Å²) in [7, 11) is 0. The molecule has 1 heterocycles. The Bertz CT molecular complexity index is 1220. The third kappa shape index (κ3) is 4.98. The van der Waals surface area contributed by atoms with Crippen molar-refractivity contribution in [3.63, 3.8) is 0 Å². The molecule has 2 saturated carbocycles. The number of allylic oxidation sites excluding steroid dienone is 8. The van der Waals surface area contributed by atoms with Crippen LogP contribution in [0.25, 0.3) is 0 Å². The van der Waals surface area contributed by atoms with Crippen LogP contribution >= 0.6 is 0 Å². The number of carbonyl (C=O) groups excluding carboxylic acids is 1. The molecule has 1 saturated heterocycles. The third-order valence-corrected chi connectivity index (χ3v) is 9.85. The van der Waals surface area contributed by atoms with Gasteiger partial charge in [0, 0.05) is 42.5 Å². The quantitative estimate of drug-likeness (QED) is 0.335. The van der Waals surface area contributed by atoms with Crippen molar-refractivity contribution in [2.75, 3.05) is 26.3 Å². The fourth-order valence-corrected chi connectivity index (χ4v) is 7.83. The van der Waals surface area contributed by atoms with E-state index in [-0.39, 0.29) is 30.0 Å². The van der Waals surface area contributed by atoms with Crippen LogP contribution in [0.15, 0.2) is 58.9 Å². The Morgan fingerprint density at radius 1 is 1.23 bits per heavy atom. The monoisotopic (exact) mass is 537 g/mol. The van der Waals surface area contributed by atoms with E-state index in [4.69, 9.17) is 4.74 Å². The third-order valence-electron chi connectivity index (χ3n) is 9.85. The van der Waals surface area contributed by atoms with E-state index in [0.29, 0.717) is 51.3 Å². The van der Waals surface area contributed by atoms with Crippen molar-refractivity contribution in [2.24, 2.45) is 29.1 Å². The van der Waals surface area contributed by atoms with E-state index in [1.807, 2.05) is 25.7 Å². The van der Waals surface area contributed by atoms with Gasteiger partial charge in [-0.05, 0) is 79.7 Å². The van der Waals surface area contributed by atoms with Crippen LogP contribution in [0.5, 0.6) is 0 Å². The van der Waals surface area contributed by atoms with E-state index >= 15 is 8.78 Å². The number of carbonyl (C=O) groups is 1. The second kappa shape index (κ2) is 10.8. The molecule has 3 fully saturated rings. The van der Waals surface area contributed by atoms with Gasteiger partial charge in [0.25, 0.3) is 0 Å². The van der Waals surface area contributed by atoms with Gasteiger partial charge in [-0.2, -0.15) is 0 Å². The summed E-state index contributed by atoms with van der Waals surface area (Å²) >= 11 is 0.